The Balaban J connectivity index is 1.74. The maximum atomic E-state index is 12.1. The van der Waals surface area contributed by atoms with E-state index in [1.165, 1.54) is 18.6 Å². The molecular weight excluding hydrogens is 354 g/mol. The minimum atomic E-state index is -0.687. The lowest BCUT2D eigenvalue weighted by atomic mass is 10.1. The summed E-state index contributed by atoms with van der Waals surface area (Å²) in [6, 6.07) is 9.36. The van der Waals surface area contributed by atoms with Crippen molar-refractivity contribution in [2.24, 2.45) is 0 Å². The molecule has 1 aromatic heterocycles. The average molecular weight is 375 g/mol. The van der Waals surface area contributed by atoms with E-state index in [0.29, 0.717) is 17.9 Å². The van der Waals surface area contributed by atoms with Gasteiger partial charge in [0, 0.05) is 23.3 Å². The highest BCUT2D eigenvalue weighted by molar-refractivity contribution is 7.99. The summed E-state index contributed by atoms with van der Waals surface area (Å²) >= 11 is 1.63. The topological polar surface area (TPSA) is 85.6 Å². The van der Waals surface area contributed by atoms with Crippen LogP contribution in [0.3, 0.4) is 0 Å². The Labute approximate surface area is 155 Å². The van der Waals surface area contributed by atoms with Gasteiger partial charge in [-0.15, -0.1) is 11.8 Å². The van der Waals surface area contributed by atoms with Crippen LogP contribution >= 0.6 is 11.8 Å². The normalized spacial score (nSPS) is 10.4. The van der Waals surface area contributed by atoms with Crippen molar-refractivity contribution in [3.05, 3.63) is 63.2 Å². The second-order valence-electron chi connectivity index (χ2n) is 5.77. The fraction of sp³-hybridized carbons (Fsp3) is 0.316. The molecule has 0 fully saturated rings. The van der Waals surface area contributed by atoms with Crippen molar-refractivity contribution < 1.29 is 18.7 Å². The smallest absolute Gasteiger partial charge is 0.342 e. The standard InChI is InChI=1S/C19H21NO5S/c1-12-4-6-15(7-5-12)26-9-8-20-16(21)11-24-19(23)18-13(2)10-17(22)25-14(18)3/h4-7,10H,8-9,11H2,1-3H3,(H,20,21). The number of rotatable bonds is 7. The molecule has 1 heterocycles. The van der Waals surface area contributed by atoms with Gasteiger partial charge in [-0.05, 0) is 38.5 Å². The second kappa shape index (κ2) is 9.24. The minimum absolute atomic E-state index is 0.173. The molecule has 0 bridgehead atoms. The molecule has 1 aromatic carbocycles. The van der Waals surface area contributed by atoms with E-state index in [1.807, 2.05) is 31.2 Å². The van der Waals surface area contributed by atoms with Crippen LogP contribution < -0.4 is 10.9 Å². The summed E-state index contributed by atoms with van der Waals surface area (Å²) in [6.07, 6.45) is 0. The molecule has 138 valence electrons. The number of nitrogens with one attached hydrogen (secondary N) is 1. The highest BCUT2D eigenvalue weighted by atomic mass is 32.2. The number of carbonyl (C=O) groups excluding carboxylic acids is 2. The number of benzene rings is 1. The molecule has 26 heavy (non-hydrogen) atoms. The van der Waals surface area contributed by atoms with Gasteiger partial charge in [0.2, 0.25) is 0 Å². The second-order valence-corrected chi connectivity index (χ2v) is 6.94. The number of thioether (sulfide) groups is 1. The van der Waals surface area contributed by atoms with E-state index < -0.39 is 11.6 Å². The van der Waals surface area contributed by atoms with E-state index in [9.17, 15) is 14.4 Å². The van der Waals surface area contributed by atoms with Gasteiger partial charge in [-0.1, -0.05) is 17.7 Å². The van der Waals surface area contributed by atoms with Crippen LogP contribution in [-0.2, 0) is 9.53 Å². The van der Waals surface area contributed by atoms with Crippen LogP contribution in [0.5, 0.6) is 0 Å². The molecule has 7 heteroatoms. The Morgan fingerprint density at radius 3 is 2.50 bits per heavy atom. The molecule has 0 unspecified atom stereocenters. The molecule has 0 saturated carbocycles. The third-order valence-corrected chi connectivity index (χ3v) is 4.60. The minimum Gasteiger partial charge on any atom is -0.452 e. The van der Waals surface area contributed by atoms with Gasteiger partial charge in [-0.25, -0.2) is 9.59 Å². The molecule has 6 nitrogen and oxygen atoms in total. The zero-order chi connectivity index (χ0) is 19.1. The molecule has 0 aliphatic rings. The van der Waals surface area contributed by atoms with E-state index >= 15 is 0 Å². The van der Waals surface area contributed by atoms with Gasteiger partial charge in [0.25, 0.3) is 5.91 Å². The number of amides is 1. The third-order valence-electron chi connectivity index (χ3n) is 3.59. The van der Waals surface area contributed by atoms with E-state index in [4.69, 9.17) is 9.15 Å². The lowest BCUT2D eigenvalue weighted by molar-refractivity contribution is -0.124. The Bertz CT molecular complexity index is 816. The van der Waals surface area contributed by atoms with Crippen LogP contribution in [-0.4, -0.2) is 30.8 Å². The molecule has 1 N–H and O–H groups in total. The molecule has 0 radical (unpaired) electrons. The lowest BCUT2D eigenvalue weighted by Gasteiger charge is -2.09. The Hall–Kier alpha value is -2.54. The molecule has 2 aromatic rings. The van der Waals surface area contributed by atoms with Crippen LogP contribution in [0.1, 0.15) is 27.2 Å². The van der Waals surface area contributed by atoms with Crippen molar-refractivity contribution in [1.29, 1.82) is 0 Å². The number of esters is 1. The lowest BCUT2D eigenvalue weighted by Crippen LogP contribution is -2.30. The Morgan fingerprint density at radius 2 is 1.85 bits per heavy atom. The van der Waals surface area contributed by atoms with Crippen molar-refractivity contribution in [2.75, 3.05) is 18.9 Å². The molecule has 1 amide bonds. The summed E-state index contributed by atoms with van der Waals surface area (Å²) in [4.78, 5) is 36.2. The van der Waals surface area contributed by atoms with E-state index in [0.717, 1.165) is 4.90 Å². The van der Waals surface area contributed by atoms with Gasteiger partial charge < -0.3 is 14.5 Å². The SMILES string of the molecule is Cc1ccc(SCCNC(=O)COC(=O)c2c(C)cc(=O)oc2C)cc1. The van der Waals surface area contributed by atoms with Gasteiger partial charge in [0.05, 0.1) is 0 Å². The summed E-state index contributed by atoms with van der Waals surface area (Å²) in [6.45, 7) is 5.23. The van der Waals surface area contributed by atoms with Crippen LogP contribution in [0.4, 0.5) is 0 Å². The van der Waals surface area contributed by atoms with E-state index in [-0.39, 0.29) is 23.8 Å². The summed E-state index contributed by atoms with van der Waals surface area (Å²) in [5.74, 6) is -0.177. The largest absolute Gasteiger partial charge is 0.452 e. The first-order valence-corrected chi connectivity index (χ1v) is 9.10. The maximum Gasteiger partial charge on any atom is 0.342 e. The predicted octanol–water partition coefficient (Wildman–Crippen LogP) is 2.63. The van der Waals surface area contributed by atoms with Gasteiger partial charge >= 0.3 is 11.6 Å². The maximum absolute atomic E-state index is 12.1. The first kappa shape index (κ1) is 19.8. The number of hydrogen-bond donors (Lipinski definition) is 1. The Morgan fingerprint density at radius 1 is 1.15 bits per heavy atom. The van der Waals surface area contributed by atoms with Crippen molar-refractivity contribution in [2.45, 2.75) is 25.7 Å². The number of carbonyl (C=O) groups is 2. The first-order valence-electron chi connectivity index (χ1n) is 8.11. The first-order chi connectivity index (χ1) is 12.4. The molecule has 0 spiro atoms. The fourth-order valence-corrected chi connectivity index (χ4v) is 3.08. The fourth-order valence-electron chi connectivity index (χ4n) is 2.31. The van der Waals surface area contributed by atoms with E-state index in [1.54, 1.807) is 18.7 Å². The third kappa shape index (κ3) is 5.77. The molecular formula is C19H21NO5S. The van der Waals surface area contributed by atoms with Crippen molar-refractivity contribution in [3.8, 4) is 0 Å². The molecule has 0 saturated heterocycles. The summed E-state index contributed by atoms with van der Waals surface area (Å²) in [5.41, 5.74) is 1.30. The van der Waals surface area contributed by atoms with Crippen molar-refractivity contribution >= 4 is 23.6 Å². The van der Waals surface area contributed by atoms with Crippen LogP contribution in [0.2, 0.25) is 0 Å². The summed E-state index contributed by atoms with van der Waals surface area (Å²) in [7, 11) is 0. The Kier molecular flexibility index (Phi) is 7.03. The van der Waals surface area contributed by atoms with Crippen molar-refractivity contribution in [1.82, 2.24) is 5.32 Å². The van der Waals surface area contributed by atoms with Crippen LogP contribution in [0.15, 0.2) is 44.4 Å². The molecule has 0 aliphatic carbocycles. The average Bonchev–Trinajstić information content (AvgIpc) is 2.57. The van der Waals surface area contributed by atoms with Gasteiger partial charge in [-0.2, -0.15) is 0 Å². The molecule has 0 atom stereocenters. The molecule has 0 aliphatic heterocycles. The molecule has 2 rings (SSSR count). The summed E-state index contributed by atoms with van der Waals surface area (Å²) in [5, 5.41) is 2.70. The van der Waals surface area contributed by atoms with Crippen molar-refractivity contribution in [3.63, 3.8) is 0 Å². The highest BCUT2D eigenvalue weighted by Crippen LogP contribution is 2.17. The quantitative estimate of drug-likeness (QED) is 0.455. The monoisotopic (exact) mass is 375 g/mol. The highest BCUT2D eigenvalue weighted by Gasteiger charge is 2.17. The van der Waals surface area contributed by atoms with E-state index in [2.05, 4.69) is 5.32 Å². The van der Waals surface area contributed by atoms with Gasteiger partial charge in [0.1, 0.15) is 11.3 Å². The zero-order valence-electron chi connectivity index (χ0n) is 15.0. The predicted molar refractivity (Wildman–Crippen MR) is 99.6 cm³/mol. The van der Waals surface area contributed by atoms with Gasteiger partial charge in [-0.3, -0.25) is 4.79 Å². The number of hydrogen-bond acceptors (Lipinski definition) is 6. The zero-order valence-corrected chi connectivity index (χ0v) is 15.8. The number of ether oxygens (including phenoxy) is 1. The number of aryl methyl sites for hydroxylation is 3. The summed E-state index contributed by atoms with van der Waals surface area (Å²) < 4.78 is 9.89. The van der Waals surface area contributed by atoms with Crippen LogP contribution in [0.25, 0.3) is 0 Å². The van der Waals surface area contributed by atoms with Crippen LogP contribution in [0, 0.1) is 20.8 Å². The van der Waals surface area contributed by atoms with Gasteiger partial charge in [0.15, 0.2) is 6.61 Å².